The maximum absolute atomic E-state index is 11.9. The molecule has 3 nitrogen and oxygen atoms in total. The van der Waals surface area contributed by atoms with E-state index in [1.807, 2.05) is 31.2 Å². The van der Waals surface area contributed by atoms with E-state index in [1.54, 1.807) is 12.1 Å². The Hall–Kier alpha value is -1.74. The summed E-state index contributed by atoms with van der Waals surface area (Å²) in [6.07, 6.45) is 0.712. The topological polar surface area (TPSA) is 42.9 Å². The average Bonchev–Trinajstić information content (AvgIpc) is 2.32. The molecule has 2 rings (SSSR count). The van der Waals surface area contributed by atoms with Crippen LogP contribution in [0.3, 0.4) is 0 Å². The van der Waals surface area contributed by atoms with Crippen LogP contribution in [0.1, 0.15) is 16.8 Å². The molecule has 0 aliphatic heterocycles. The van der Waals surface area contributed by atoms with Crippen LogP contribution in [0.4, 0.5) is 0 Å². The van der Waals surface area contributed by atoms with Gasteiger partial charge in [0, 0.05) is 6.42 Å². The summed E-state index contributed by atoms with van der Waals surface area (Å²) in [5.74, 6) is 0.122. The van der Waals surface area contributed by atoms with Gasteiger partial charge in [-0.15, -0.1) is 5.10 Å². The van der Waals surface area contributed by atoms with E-state index in [0.29, 0.717) is 17.3 Å². The van der Waals surface area contributed by atoms with E-state index < -0.39 is 0 Å². The van der Waals surface area contributed by atoms with Crippen molar-refractivity contribution in [3.05, 3.63) is 58.4 Å². The first-order valence-electron chi connectivity index (χ1n) is 5.69. The molecule has 0 N–H and O–H groups in total. The van der Waals surface area contributed by atoms with Crippen LogP contribution in [0.5, 0.6) is 0 Å². The van der Waals surface area contributed by atoms with Crippen LogP contribution in [0.2, 0.25) is 5.15 Å². The number of benzene rings is 1. The number of ketones is 1. The minimum absolute atomic E-state index is 0.122. The van der Waals surface area contributed by atoms with Crippen molar-refractivity contribution >= 4 is 17.4 Å². The quantitative estimate of drug-likeness (QED) is 0.849. The minimum Gasteiger partial charge on any atom is -0.299 e. The van der Waals surface area contributed by atoms with Gasteiger partial charge < -0.3 is 0 Å². The first kappa shape index (κ1) is 12.7. The van der Waals surface area contributed by atoms with Gasteiger partial charge in [0.25, 0.3) is 0 Å². The molecule has 0 bridgehead atoms. The molecule has 0 fully saturated rings. The van der Waals surface area contributed by atoms with Crippen molar-refractivity contribution in [3.63, 3.8) is 0 Å². The molecular formula is C14H13ClN2O. The van der Waals surface area contributed by atoms with Gasteiger partial charge in [-0.05, 0) is 24.6 Å². The fourth-order valence-electron chi connectivity index (χ4n) is 1.75. The smallest absolute Gasteiger partial charge is 0.151 e. The van der Waals surface area contributed by atoms with Crippen LogP contribution < -0.4 is 0 Å². The van der Waals surface area contributed by atoms with Gasteiger partial charge in [-0.3, -0.25) is 4.79 Å². The molecule has 0 aliphatic rings. The molecule has 1 aromatic carbocycles. The van der Waals surface area contributed by atoms with Gasteiger partial charge in [-0.25, -0.2) is 0 Å². The summed E-state index contributed by atoms with van der Waals surface area (Å²) in [6, 6.07) is 11.3. The molecule has 4 heteroatoms. The summed E-state index contributed by atoms with van der Waals surface area (Å²) >= 11 is 5.64. The summed E-state index contributed by atoms with van der Waals surface area (Å²) in [5, 5.41) is 7.93. The zero-order valence-electron chi connectivity index (χ0n) is 10.1. The predicted octanol–water partition coefficient (Wildman–Crippen LogP) is 2.79. The van der Waals surface area contributed by atoms with Crippen molar-refractivity contribution in [1.82, 2.24) is 10.2 Å². The van der Waals surface area contributed by atoms with E-state index >= 15 is 0 Å². The van der Waals surface area contributed by atoms with Crippen molar-refractivity contribution in [2.75, 3.05) is 0 Å². The van der Waals surface area contributed by atoms with Crippen LogP contribution in [0.25, 0.3) is 0 Å². The molecule has 92 valence electrons. The third-order valence-electron chi connectivity index (χ3n) is 2.55. The first-order chi connectivity index (χ1) is 8.63. The van der Waals surface area contributed by atoms with Gasteiger partial charge in [0.1, 0.15) is 5.78 Å². The second kappa shape index (κ2) is 5.74. The number of aromatic nitrogens is 2. The average molecular weight is 261 g/mol. The van der Waals surface area contributed by atoms with Crippen LogP contribution in [-0.2, 0) is 17.6 Å². The number of hydrogen-bond acceptors (Lipinski definition) is 3. The van der Waals surface area contributed by atoms with Gasteiger partial charge in [-0.2, -0.15) is 5.10 Å². The maximum atomic E-state index is 11.9. The van der Waals surface area contributed by atoms with E-state index in [9.17, 15) is 4.79 Å². The van der Waals surface area contributed by atoms with Crippen molar-refractivity contribution in [2.24, 2.45) is 0 Å². The highest BCUT2D eigenvalue weighted by Crippen LogP contribution is 2.08. The lowest BCUT2D eigenvalue weighted by molar-refractivity contribution is -0.117. The van der Waals surface area contributed by atoms with Crippen LogP contribution in [-0.4, -0.2) is 16.0 Å². The zero-order chi connectivity index (χ0) is 13.0. The summed E-state index contributed by atoms with van der Waals surface area (Å²) in [7, 11) is 0. The van der Waals surface area contributed by atoms with E-state index in [-0.39, 0.29) is 12.2 Å². The highest BCUT2D eigenvalue weighted by atomic mass is 35.5. The number of carbonyl (C=O) groups is 1. The largest absolute Gasteiger partial charge is 0.299 e. The van der Waals surface area contributed by atoms with Crippen LogP contribution in [0, 0.1) is 6.92 Å². The monoisotopic (exact) mass is 260 g/mol. The SMILES string of the molecule is Cc1cccc(CC(=O)Cc2ccc(Cl)nn2)c1. The number of hydrogen-bond donors (Lipinski definition) is 0. The van der Waals surface area contributed by atoms with Gasteiger partial charge in [-0.1, -0.05) is 41.4 Å². The van der Waals surface area contributed by atoms with Crippen LogP contribution in [0.15, 0.2) is 36.4 Å². The van der Waals surface area contributed by atoms with Crippen molar-refractivity contribution < 1.29 is 4.79 Å². The third-order valence-corrected chi connectivity index (χ3v) is 2.75. The van der Waals surface area contributed by atoms with E-state index in [0.717, 1.165) is 11.1 Å². The molecular weight excluding hydrogens is 248 g/mol. The molecule has 18 heavy (non-hydrogen) atoms. The molecule has 0 atom stereocenters. The van der Waals surface area contributed by atoms with E-state index in [4.69, 9.17) is 11.6 Å². The van der Waals surface area contributed by atoms with Gasteiger partial charge in [0.2, 0.25) is 0 Å². The summed E-state index contributed by atoms with van der Waals surface area (Å²) < 4.78 is 0. The Kier molecular flexibility index (Phi) is 4.05. The predicted molar refractivity (Wildman–Crippen MR) is 70.6 cm³/mol. The Balaban J connectivity index is 1.98. The lowest BCUT2D eigenvalue weighted by atomic mass is 10.0. The number of halogens is 1. The molecule has 1 heterocycles. The second-order valence-corrected chi connectivity index (χ2v) is 4.62. The standard InChI is InChI=1S/C14H13ClN2O/c1-10-3-2-4-11(7-10)8-13(18)9-12-5-6-14(15)17-16-12/h2-7H,8-9H2,1H3. The Morgan fingerprint density at radius 3 is 2.67 bits per heavy atom. The number of rotatable bonds is 4. The minimum atomic E-state index is 0.122. The number of aryl methyl sites for hydroxylation is 1. The summed E-state index contributed by atoms with van der Waals surface area (Å²) in [4.78, 5) is 11.9. The molecule has 0 spiro atoms. The Morgan fingerprint density at radius 1 is 1.17 bits per heavy atom. The highest BCUT2D eigenvalue weighted by molar-refractivity contribution is 6.29. The molecule has 1 aromatic heterocycles. The van der Waals surface area contributed by atoms with Crippen LogP contribution >= 0.6 is 11.6 Å². The lowest BCUT2D eigenvalue weighted by Crippen LogP contribution is -2.08. The van der Waals surface area contributed by atoms with Gasteiger partial charge in [0.05, 0.1) is 12.1 Å². The summed E-state index contributed by atoms with van der Waals surface area (Å²) in [6.45, 7) is 2.01. The Labute approximate surface area is 111 Å². The van der Waals surface area contributed by atoms with E-state index in [2.05, 4.69) is 10.2 Å². The highest BCUT2D eigenvalue weighted by Gasteiger charge is 2.07. The summed E-state index contributed by atoms with van der Waals surface area (Å²) in [5.41, 5.74) is 2.84. The third kappa shape index (κ3) is 3.64. The number of Topliss-reactive ketones (excluding diaryl/α,β-unsaturated/α-hetero) is 1. The number of nitrogens with zero attached hydrogens (tertiary/aromatic N) is 2. The van der Waals surface area contributed by atoms with Gasteiger partial charge in [0.15, 0.2) is 5.15 Å². The molecule has 0 radical (unpaired) electrons. The van der Waals surface area contributed by atoms with Crippen molar-refractivity contribution in [1.29, 1.82) is 0 Å². The first-order valence-corrected chi connectivity index (χ1v) is 6.06. The molecule has 0 amide bonds. The number of carbonyl (C=O) groups excluding carboxylic acids is 1. The molecule has 0 saturated heterocycles. The lowest BCUT2D eigenvalue weighted by Gasteiger charge is -2.02. The van der Waals surface area contributed by atoms with Crippen molar-refractivity contribution in [2.45, 2.75) is 19.8 Å². The molecule has 0 aliphatic carbocycles. The Bertz CT molecular complexity index is 552. The molecule has 0 unspecified atom stereocenters. The fraction of sp³-hybridized carbons (Fsp3) is 0.214. The molecule has 2 aromatic rings. The van der Waals surface area contributed by atoms with Gasteiger partial charge >= 0.3 is 0 Å². The maximum Gasteiger partial charge on any atom is 0.151 e. The van der Waals surface area contributed by atoms with E-state index in [1.165, 1.54) is 0 Å². The molecule has 0 saturated carbocycles. The fourth-order valence-corrected chi connectivity index (χ4v) is 1.85. The second-order valence-electron chi connectivity index (χ2n) is 4.23. The Morgan fingerprint density at radius 2 is 2.00 bits per heavy atom. The zero-order valence-corrected chi connectivity index (χ0v) is 10.8. The van der Waals surface area contributed by atoms with Crippen molar-refractivity contribution in [3.8, 4) is 0 Å². The normalized spacial score (nSPS) is 10.3.